The molecule has 2 nitrogen and oxygen atoms in total. The molecule has 0 amide bonds. The van der Waals surface area contributed by atoms with Crippen molar-refractivity contribution in [2.45, 2.75) is 131 Å². The summed E-state index contributed by atoms with van der Waals surface area (Å²) < 4.78 is 27.4. The number of benzene rings is 5. The lowest BCUT2D eigenvalue weighted by Crippen LogP contribution is -2.61. The van der Waals surface area contributed by atoms with Crippen molar-refractivity contribution in [3.8, 4) is 0 Å². The van der Waals surface area contributed by atoms with Gasteiger partial charge in [0.2, 0.25) is 0 Å². The SMILES string of the molecule is [2H]C([2H])([2H])c1ccc2c3c(sc2c1)B1c2cc4c(cc2N(c2c(C)cc(C(C)(C)C)cc2C)c2cc(C)cc(c21)N3c1ccc(C(C)(C)C)cc1)C(C)(C)CCC4(C)C. The van der Waals surface area contributed by atoms with Crippen molar-refractivity contribution < 1.29 is 4.11 Å². The highest BCUT2D eigenvalue weighted by Crippen LogP contribution is 2.52. The summed E-state index contributed by atoms with van der Waals surface area (Å²) in [5, 5.41) is 1.10. The fourth-order valence-corrected chi connectivity index (χ4v) is 11.4. The van der Waals surface area contributed by atoms with Gasteiger partial charge in [0.1, 0.15) is 0 Å². The van der Waals surface area contributed by atoms with E-state index >= 15 is 0 Å². The summed E-state index contributed by atoms with van der Waals surface area (Å²) in [6.07, 6.45) is 2.28. The molecule has 286 valence electrons. The molecule has 4 heteroatoms. The minimum absolute atomic E-state index is 0.0177. The Bertz CT molecular complexity index is 2700. The largest absolute Gasteiger partial charge is 0.311 e. The van der Waals surface area contributed by atoms with Crippen LogP contribution in [0.15, 0.2) is 78.9 Å². The maximum Gasteiger partial charge on any atom is 0.264 e. The molecule has 1 aromatic heterocycles. The lowest BCUT2D eigenvalue weighted by Gasteiger charge is -2.47. The molecule has 1 aliphatic carbocycles. The number of hydrogen-bond acceptors (Lipinski definition) is 3. The van der Waals surface area contributed by atoms with Gasteiger partial charge in [-0.25, -0.2) is 0 Å². The van der Waals surface area contributed by atoms with Crippen molar-refractivity contribution in [1.29, 1.82) is 0 Å². The molecule has 3 aliphatic rings. The van der Waals surface area contributed by atoms with Crippen LogP contribution in [0.2, 0.25) is 0 Å². The van der Waals surface area contributed by atoms with Gasteiger partial charge in [0.25, 0.3) is 6.71 Å². The molecule has 6 aromatic rings. The van der Waals surface area contributed by atoms with E-state index in [-0.39, 0.29) is 28.4 Å². The van der Waals surface area contributed by atoms with Crippen molar-refractivity contribution in [2.24, 2.45) is 0 Å². The Balaban J connectivity index is 1.43. The first kappa shape index (κ1) is 33.8. The van der Waals surface area contributed by atoms with Gasteiger partial charge in [-0.2, -0.15) is 0 Å². The van der Waals surface area contributed by atoms with Crippen LogP contribution in [0.3, 0.4) is 0 Å². The Morgan fingerprint density at radius 1 is 0.625 bits per heavy atom. The number of aryl methyl sites for hydroxylation is 4. The average Bonchev–Trinajstić information content (AvgIpc) is 3.51. The third kappa shape index (κ3) is 5.56. The standard InChI is InChI=1S/C52H59BN2S/c1-30-15-20-37-44(25-30)56-48-47(37)54(36-18-16-34(17-19-36)49(5,6)7)42-23-31(2)24-43-45(42)53(48)40-28-38-39(52(13,14)22-21-51(38,11)12)29-41(40)55(43)46-32(3)26-35(27-33(46)4)50(8,9)10/h15-20,23-29H,21-22H2,1-14H3/i1D3. The Hall–Kier alpha value is -4.28. The minimum Gasteiger partial charge on any atom is -0.311 e. The van der Waals surface area contributed by atoms with Gasteiger partial charge in [-0.1, -0.05) is 112 Å². The van der Waals surface area contributed by atoms with Gasteiger partial charge in [0, 0.05) is 41.7 Å². The maximum absolute atomic E-state index is 8.36. The van der Waals surface area contributed by atoms with Crippen LogP contribution in [0.4, 0.5) is 34.1 Å². The van der Waals surface area contributed by atoms with Gasteiger partial charge in [0.05, 0.1) is 11.4 Å². The summed E-state index contributed by atoms with van der Waals surface area (Å²) in [6, 6.07) is 29.8. The summed E-state index contributed by atoms with van der Waals surface area (Å²) >= 11 is 1.78. The van der Waals surface area contributed by atoms with E-state index in [1.807, 2.05) is 12.1 Å². The van der Waals surface area contributed by atoms with Gasteiger partial charge < -0.3 is 9.80 Å². The molecule has 0 bridgehead atoms. The van der Waals surface area contributed by atoms with Crippen LogP contribution in [-0.4, -0.2) is 6.71 Å². The van der Waals surface area contributed by atoms with Crippen LogP contribution in [0.25, 0.3) is 10.1 Å². The number of rotatable bonds is 2. The molecule has 3 heterocycles. The van der Waals surface area contributed by atoms with Crippen molar-refractivity contribution >= 4 is 78.0 Å². The highest BCUT2D eigenvalue weighted by Gasteiger charge is 2.48. The van der Waals surface area contributed by atoms with E-state index in [0.717, 1.165) is 28.6 Å². The predicted molar refractivity (Wildman–Crippen MR) is 247 cm³/mol. The predicted octanol–water partition coefficient (Wildman–Crippen LogP) is 13.2. The first-order valence-corrected chi connectivity index (χ1v) is 21.4. The van der Waals surface area contributed by atoms with Crippen molar-refractivity contribution in [1.82, 2.24) is 0 Å². The van der Waals surface area contributed by atoms with E-state index in [0.29, 0.717) is 5.56 Å². The Labute approximate surface area is 345 Å². The topological polar surface area (TPSA) is 6.48 Å². The van der Waals surface area contributed by atoms with Crippen LogP contribution in [-0.2, 0) is 21.7 Å². The Kier molecular flexibility index (Phi) is 7.32. The van der Waals surface area contributed by atoms with Gasteiger partial charge in [0.15, 0.2) is 0 Å². The fourth-order valence-electron chi connectivity index (χ4n) is 10.0. The zero-order valence-electron chi connectivity index (χ0n) is 38.8. The summed E-state index contributed by atoms with van der Waals surface area (Å²) in [6.45, 7) is 28.1. The molecule has 5 aromatic carbocycles. The van der Waals surface area contributed by atoms with Crippen LogP contribution in [0, 0.1) is 27.6 Å². The molecular formula is C52H59BN2S. The zero-order valence-corrected chi connectivity index (χ0v) is 36.6. The first-order valence-electron chi connectivity index (χ1n) is 22.1. The molecular weight excluding hydrogens is 695 g/mol. The van der Waals surface area contributed by atoms with Crippen LogP contribution in [0.5, 0.6) is 0 Å². The molecule has 0 N–H and O–H groups in total. The van der Waals surface area contributed by atoms with E-state index in [4.69, 9.17) is 4.11 Å². The summed E-state index contributed by atoms with van der Waals surface area (Å²) in [7, 11) is 0. The van der Waals surface area contributed by atoms with E-state index < -0.39 is 6.85 Å². The number of nitrogens with zero attached hydrogens (tertiary/aromatic N) is 2. The lowest BCUT2D eigenvalue weighted by molar-refractivity contribution is 0.332. The average molecular weight is 758 g/mol. The molecule has 56 heavy (non-hydrogen) atoms. The Morgan fingerprint density at radius 3 is 1.80 bits per heavy atom. The van der Waals surface area contributed by atoms with Crippen LogP contribution >= 0.6 is 11.3 Å². The molecule has 0 unspecified atom stereocenters. The van der Waals surface area contributed by atoms with E-state index in [2.05, 4.69) is 167 Å². The summed E-state index contributed by atoms with van der Waals surface area (Å²) in [5.41, 5.74) is 19.6. The van der Waals surface area contributed by atoms with Gasteiger partial charge in [-0.05, 0) is 154 Å². The second-order valence-electron chi connectivity index (χ2n) is 20.6. The summed E-state index contributed by atoms with van der Waals surface area (Å²) in [4.78, 5) is 5.12. The molecule has 0 fully saturated rings. The summed E-state index contributed by atoms with van der Waals surface area (Å²) in [5.74, 6) is 0. The molecule has 0 radical (unpaired) electrons. The van der Waals surface area contributed by atoms with E-state index in [1.165, 1.54) is 83.1 Å². The maximum atomic E-state index is 8.36. The minimum atomic E-state index is -2.19. The molecule has 2 aliphatic heterocycles. The number of fused-ring (bicyclic) bond motifs is 7. The number of thiophene rings is 1. The first-order chi connectivity index (χ1) is 27.4. The van der Waals surface area contributed by atoms with Gasteiger partial charge >= 0.3 is 0 Å². The third-order valence-electron chi connectivity index (χ3n) is 13.4. The molecule has 0 spiro atoms. The van der Waals surface area contributed by atoms with E-state index in [9.17, 15) is 0 Å². The second-order valence-corrected chi connectivity index (χ2v) is 21.7. The van der Waals surface area contributed by atoms with Gasteiger partial charge in [-0.3, -0.25) is 0 Å². The van der Waals surface area contributed by atoms with Crippen molar-refractivity contribution in [2.75, 3.05) is 9.80 Å². The smallest absolute Gasteiger partial charge is 0.264 e. The quantitative estimate of drug-likeness (QED) is 0.162. The van der Waals surface area contributed by atoms with Crippen molar-refractivity contribution in [3.63, 3.8) is 0 Å². The van der Waals surface area contributed by atoms with Crippen LogP contribution < -0.4 is 25.5 Å². The highest BCUT2D eigenvalue weighted by atomic mass is 32.1. The Morgan fingerprint density at radius 2 is 1.21 bits per heavy atom. The fraction of sp³-hybridized carbons (Fsp3) is 0.385. The second kappa shape index (κ2) is 12.1. The normalized spacial score (nSPS) is 17.8. The molecule has 9 rings (SSSR count). The van der Waals surface area contributed by atoms with Crippen molar-refractivity contribution in [3.05, 3.63) is 123 Å². The third-order valence-corrected chi connectivity index (χ3v) is 14.6. The number of anilines is 6. The molecule has 0 saturated heterocycles. The lowest BCUT2D eigenvalue weighted by atomic mass is 9.35. The highest BCUT2D eigenvalue weighted by molar-refractivity contribution is 7.33. The molecule has 0 saturated carbocycles. The number of hydrogen-bond donors (Lipinski definition) is 0. The monoisotopic (exact) mass is 757 g/mol. The van der Waals surface area contributed by atoms with Gasteiger partial charge in [-0.15, -0.1) is 11.3 Å². The molecule has 0 atom stereocenters. The zero-order chi connectivity index (χ0) is 42.5. The van der Waals surface area contributed by atoms with Crippen LogP contribution in [0.1, 0.15) is 131 Å². The van der Waals surface area contributed by atoms with E-state index in [1.54, 1.807) is 11.3 Å².